The van der Waals surface area contributed by atoms with Crippen LogP contribution in [0.1, 0.15) is 28.9 Å². The van der Waals surface area contributed by atoms with Crippen molar-refractivity contribution in [2.75, 3.05) is 33.3 Å². The number of fused-ring (bicyclic) bond motifs is 2. The number of rotatable bonds is 2. The zero-order valence-electron chi connectivity index (χ0n) is 14.1. The highest BCUT2D eigenvalue weighted by Gasteiger charge is 2.47. The van der Waals surface area contributed by atoms with Gasteiger partial charge in [0, 0.05) is 29.2 Å². The topological polar surface area (TPSA) is 43.8 Å². The predicted molar refractivity (Wildman–Crippen MR) is 97.5 cm³/mol. The predicted octanol–water partition coefficient (Wildman–Crippen LogP) is 2.82. The molecule has 1 N–H and O–H groups in total. The van der Waals surface area contributed by atoms with Crippen molar-refractivity contribution < 1.29 is 9.90 Å². The van der Waals surface area contributed by atoms with Crippen LogP contribution in [-0.2, 0) is 0 Å². The lowest BCUT2D eigenvalue weighted by Crippen LogP contribution is -2.62. The summed E-state index contributed by atoms with van der Waals surface area (Å²) < 4.78 is 1.16. The van der Waals surface area contributed by atoms with Crippen molar-refractivity contribution in [1.29, 1.82) is 0 Å². The first-order valence-electron chi connectivity index (χ1n) is 8.72. The normalized spacial score (nSPS) is 28.1. The van der Waals surface area contributed by atoms with Crippen LogP contribution in [0.2, 0.25) is 0 Å². The second-order valence-corrected chi connectivity index (χ2v) is 8.35. The molecular weight excluding hydrogens is 320 g/mol. The standard InChI is InChI=1S/C19H24N2O2S/c1-20-9-4-7-19(13-22)8-10-21(12-17(19)20)18(23)16-11-14-5-2-3-6-15(14)24-16/h2-3,5-6,11,17,22H,4,7-10,12-13H2,1H3/t17-,19-/m1/s1. The maximum Gasteiger partial charge on any atom is 0.264 e. The fraction of sp³-hybridized carbons (Fsp3) is 0.526. The molecule has 0 radical (unpaired) electrons. The van der Waals surface area contributed by atoms with E-state index in [1.54, 1.807) is 11.3 Å². The monoisotopic (exact) mass is 344 g/mol. The van der Waals surface area contributed by atoms with Gasteiger partial charge in [-0.25, -0.2) is 0 Å². The first kappa shape index (κ1) is 16.1. The molecule has 1 aromatic heterocycles. The zero-order chi connectivity index (χ0) is 16.7. The van der Waals surface area contributed by atoms with Crippen molar-refractivity contribution in [3.63, 3.8) is 0 Å². The lowest BCUT2D eigenvalue weighted by molar-refractivity contribution is -0.0600. The van der Waals surface area contributed by atoms with Gasteiger partial charge in [-0.1, -0.05) is 18.2 Å². The van der Waals surface area contributed by atoms with Gasteiger partial charge in [-0.15, -0.1) is 11.3 Å². The molecule has 2 atom stereocenters. The van der Waals surface area contributed by atoms with Crippen molar-refractivity contribution in [2.24, 2.45) is 5.41 Å². The third kappa shape index (κ3) is 2.55. The summed E-state index contributed by atoms with van der Waals surface area (Å²) >= 11 is 1.58. The molecule has 24 heavy (non-hydrogen) atoms. The summed E-state index contributed by atoms with van der Waals surface area (Å²) in [5.74, 6) is 0.140. The van der Waals surface area contributed by atoms with Gasteiger partial charge in [0.2, 0.25) is 0 Å². The molecule has 4 rings (SSSR count). The molecule has 1 amide bonds. The van der Waals surface area contributed by atoms with E-state index in [2.05, 4.69) is 24.1 Å². The molecule has 2 aliphatic heterocycles. The molecule has 3 heterocycles. The number of nitrogens with zero attached hydrogens (tertiary/aromatic N) is 2. The summed E-state index contributed by atoms with van der Waals surface area (Å²) in [5, 5.41) is 11.1. The minimum Gasteiger partial charge on any atom is -0.396 e. The Morgan fingerprint density at radius 1 is 1.33 bits per heavy atom. The molecule has 0 bridgehead atoms. The van der Waals surface area contributed by atoms with Crippen LogP contribution in [0.5, 0.6) is 0 Å². The average molecular weight is 344 g/mol. The third-order valence-electron chi connectivity index (χ3n) is 5.94. The van der Waals surface area contributed by atoms with Gasteiger partial charge < -0.3 is 14.9 Å². The Morgan fingerprint density at radius 3 is 2.96 bits per heavy atom. The third-order valence-corrected chi connectivity index (χ3v) is 7.04. The molecule has 0 aliphatic carbocycles. The van der Waals surface area contributed by atoms with E-state index < -0.39 is 0 Å². The van der Waals surface area contributed by atoms with E-state index in [-0.39, 0.29) is 24.0 Å². The Bertz CT molecular complexity index is 726. The number of thiophene rings is 1. The van der Waals surface area contributed by atoms with E-state index in [0.717, 1.165) is 53.9 Å². The van der Waals surface area contributed by atoms with Crippen LogP contribution in [0.25, 0.3) is 10.1 Å². The number of likely N-dealkylation sites (tertiary alicyclic amines) is 2. The van der Waals surface area contributed by atoms with E-state index in [9.17, 15) is 9.90 Å². The molecule has 0 unspecified atom stereocenters. The van der Waals surface area contributed by atoms with Crippen molar-refractivity contribution in [2.45, 2.75) is 25.3 Å². The fourth-order valence-corrected chi connectivity index (χ4v) is 5.47. The lowest BCUT2D eigenvalue weighted by Gasteiger charge is -2.53. The van der Waals surface area contributed by atoms with Crippen LogP contribution < -0.4 is 0 Å². The maximum atomic E-state index is 13.0. The number of amides is 1. The molecule has 2 fully saturated rings. The molecule has 4 nitrogen and oxygen atoms in total. The van der Waals surface area contributed by atoms with Crippen molar-refractivity contribution >= 4 is 27.3 Å². The highest BCUT2D eigenvalue weighted by molar-refractivity contribution is 7.20. The number of carbonyl (C=O) groups excluding carboxylic acids is 1. The minimum absolute atomic E-state index is 0.0239. The number of aliphatic hydroxyl groups excluding tert-OH is 1. The summed E-state index contributed by atoms with van der Waals surface area (Å²) in [6, 6.07) is 10.4. The summed E-state index contributed by atoms with van der Waals surface area (Å²) in [6.45, 7) is 2.76. The van der Waals surface area contributed by atoms with Gasteiger partial charge in [-0.05, 0) is 50.4 Å². The van der Waals surface area contributed by atoms with E-state index in [1.165, 1.54) is 0 Å². The van der Waals surface area contributed by atoms with Crippen molar-refractivity contribution in [3.05, 3.63) is 35.2 Å². The van der Waals surface area contributed by atoms with E-state index >= 15 is 0 Å². The van der Waals surface area contributed by atoms with Gasteiger partial charge in [0.25, 0.3) is 5.91 Å². The molecule has 0 spiro atoms. The second kappa shape index (κ2) is 6.14. The molecular formula is C19H24N2O2S. The highest BCUT2D eigenvalue weighted by atomic mass is 32.1. The van der Waals surface area contributed by atoms with Gasteiger partial charge >= 0.3 is 0 Å². The fourth-order valence-electron chi connectivity index (χ4n) is 4.44. The quantitative estimate of drug-likeness (QED) is 0.911. The molecule has 128 valence electrons. The number of aliphatic hydroxyl groups is 1. The van der Waals surface area contributed by atoms with Gasteiger partial charge in [0.05, 0.1) is 11.5 Å². The largest absolute Gasteiger partial charge is 0.396 e. The Balaban J connectivity index is 1.57. The SMILES string of the molecule is CN1CCC[C@]2(CO)CCN(C(=O)c3cc4ccccc4s3)C[C@@H]12. The van der Waals surface area contributed by atoms with Gasteiger partial charge in [-0.2, -0.15) is 0 Å². The van der Waals surface area contributed by atoms with Crippen LogP contribution in [0.3, 0.4) is 0 Å². The number of benzene rings is 1. The van der Waals surface area contributed by atoms with Crippen LogP contribution in [-0.4, -0.2) is 60.1 Å². The molecule has 2 aliphatic rings. The molecule has 5 heteroatoms. The lowest BCUT2D eigenvalue weighted by atomic mass is 9.69. The zero-order valence-corrected chi connectivity index (χ0v) is 14.9. The highest BCUT2D eigenvalue weighted by Crippen LogP contribution is 2.42. The van der Waals surface area contributed by atoms with Crippen LogP contribution >= 0.6 is 11.3 Å². The van der Waals surface area contributed by atoms with E-state index in [1.807, 2.05) is 23.1 Å². The Kier molecular flexibility index (Phi) is 4.11. The van der Waals surface area contributed by atoms with Gasteiger partial charge in [0.1, 0.15) is 0 Å². The second-order valence-electron chi connectivity index (χ2n) is 7.27. The van der Waals surface area contributed by atoms with E-state index in [4.69, 9.17) is 0 Å². The molecule has 1 aromatic carbocycles. The molecule has 2 aromatic rings. The van der Waals surface area contributed by atoms with E-state index in [0.29, 0.717) is 0 Å². The summed E-state index contributed by atoms with van der Waals surface area (Å²) in [7, 11) is 2.13. The van der Waals surface area contributed by atoms with Crippen molar-refractivity contribution in [3.8, 4) is 0 Å². The van der Waals surface area contributed by atoms with Gasteiger partial charge in [-0.3, -0.25) is 4.79 Å². The summed E-state index contributed by atoms with van der Waals surface area (Å²) in [5.41, 5.74) is -0.0239. The van der Waals surface area contributed by atoms with Crippen LogP contribution in [0.4, 0.5) is 0 Å². The smallest absolute Gasteiger partial charge is 0.264 e. The minimum atomic E-state index is -0.0239. The first-order valence-corrected chi connectivity index (χ1v) is 9.54. The number of hydrogen-bond donors (Lipinski definition) is 1. The Labute approximate surface area is 146 Å². The Morgan fingerprint density at radius 2 is 2.17 bits per heavy atom. The van der Waals surface area contributed by atoms with Crippen molar-refractivity contribution in [1.82, 2.24) is 9.80 Å². The molecule has 2 saturated heterocycles. The maximum absolute atomic E-state index is 13.0. The van der Waals surface area contributed by atoms with Crippen LogP contribution in [0.15, 0.2) is 30.3 Å². The number of likely N-dealkylation sites (N-methyl/N-ethyl adjacent to an activating group) is 1. The summed E-state index contributed by atoms with van der Waals surface area (Å²) in [4.78, 5) is 18.2. The number of piperidine rings is 2. The van der Waals surface area contributed by atoms with Crippen LogP contribution in [0, 0.1) is 5.41 Å². The molecule has 0 saturated carbocycles. The summed E-state index contributed by atoms with van der Waals surface area (Å²) in [6.07, 6.45) is 3.11. The van der Waals surface area contributed by atoms with Gasteiger partial charge in [0.15, 0.2) is 0 Å². The average Bonchev–Trinajstić information content (AvgIpc) is 3.05. The first-order chi connectivity index (χ1) is 11.6. The number of carbonyl (C=O) groups is 1. The Hall–Kier alpha value is -1.43. The number of hydrogen-bond acceptors (Lipinski definition) is 4.